The first-order valence-electron chi connectivity index (χ1n) is 9.61. The number of unbranched alkanes of at least 4 members (excludes halogenated alkanes) is 1. The smallest absolute Gasteiger partial charge is 0.195 e. The minimum Gasteiger partial charge on any atom is -0.493 e. The minimum absolute atomic E-state index is 0.698. The normalized spacial score (nSPS) is 18.5. The second kappa shape index (κ2) is 10.9. The molecule has 2 N–H and O–H groups in total. The third-order valence-electron chi connectivity index (χ3n) is 4.98. The highest BCUT2D eigenvalue weighted by molar-refractivity contribution is 5.93. The zero-order chi connectivity index (χ0) is 18.8. The van der Waals surface area contributed by atoms with Crippen molar-refractivity contribution in [2.45, 2.75) is 45.1 Å². The molecule has 0 radical (unpaired) electrons. The summed E-state index contributed by atoms with van der Waals surface area (Å²) in [5, 5.41) is 6.68. The second-order valence-corrected chi connectivity index (χ2v) is 6.78. The van der Waals surface area contributed by atoms with Crippen LogP contribution in [0.1, 0.15) is 39.0 Å². The molecule has 1 unspecified atom stereocenters. The fourth-order valence-electron chi connectivity index (χ4n) is 3.37. The summed E-state index contributed by atoms with van der Waals surface area (Å²) in [6.45, 7) is 5.73. The van der Waals surface area contributed by atoms with Gasteiger partial charge in [-0.25, -0.2) is 0 Å². The monoisotopic (exact) mass is 362 g/mol. The van der Waals surface area contributed by atoms with Crippen LogP contribution >= 0.6 is 0 Å². The van der Waals surface area contributed by atoms with Crippen molar-refractivity contribution >= 4 is 11.6 Å². The molecular formula is C20H34N4O2. The Balaban J connectivity index is 1.72. The Kier molecular flexibility index (Phi) is 8.54. The van der Waals surface area contributed by atoms with E-state index in [9.17, 15) is 0 Å². The van der Waals surface area contributed by atoms with Gasteiger partial charge in [0.05, 0.1) is 14.2 Å². The molecule has 0 spiro atoms. The molecule has 26 heavy (non-hydrogen) atoms. The molecule has 6 heteroatoms. The Morgan fingerprint density at radius 1 is 1.19 bits per heavy atom. The molecule has 0 aliphatic carbocycles. The first kappa shape index (κ1) is 20.4. The minimum atomic E-state index is 0.698. The molecule has 1 atom stereocenters. The van der Waals surface area contributed by atoms with Crippen molar-refractivity contribution < 1.29 is 9.47 Å². The van der Waals surface area contributed by atoms with Gasteiger partial charge in [-0.2, -0.15) is 0 Å². The maximum absolute atomic E-state index is 5.34. The lowest BCUT2D eigenvalue weighted by Gasteiger charge is -2.33. The Morgan fingerprint density at radius 2 is 2.00 bits per heavy atom. The lowest BCUT2D eigenvalue weighted by Crippen LogP contribution is -2.38. The van der Waals surface area contributed by atoms with Crippen LogP contribution in [0.15, 0.2) is 23.2 Å². The van der Waals surface area contributed by atoms with Crippen LogP contribution in [0.3, 0.4) is 0 Å². The topological polar surface area (TPSA) is 58.1 Å². The zero-order valence-corrected chi connectivity index (χ0v) is 16.7. The van der Waals surface area contributed by atoms with E-state index >= 15 is 0 Å². The van der Waals surface area contributed by atoms with Crippen molar-refractivity contribution in [2.24, 2.45) is 4.99 Å². The molecule has 2 rings (SSSR count). The van der Waals surface area contributed by atoms with Gasteiger partial charge in [0.25, 0.3) is 0 Å². The molecule has 1 heterocycles. The van der Waals surface area contributed by atoms with Gasteiger partial charge in [-0.15, -0.1) is 0 Å². The van der Waals surface area contributed by atoms with E-state index in [2.05, 4.69) is 27.4 Å². The van der Waals surface area contributed by atoms with Gasteiger partial charge in [0.2, 0.25) is 0 Å². The van der Waals surface area contributed by atoms with E-state index in [0.29, 0.717) is 11.5 Å². The summed E-state index contributed by atoms with van der Waals surface area (Å²) in [6, 6.07) is 6.49. The number of hydrogen-bond donors (Lipinski definition) is 2. The zero-order valence-electron chi connectivity index (χ0n) is 16.7. The van der Waals surface area contributed by atoms with Crippen LogP contribution in [0.2, 0.25) is 0 Å². The van der Waals surface area contributed by atoms with E-state index in [4.69, 9.17) is 9.47 Å². The average Bonchev–Trinajstić information content (AvgIpc) is 2.67. The van der Waals surface area contributed by atoms with Gasteiger partial charge in [0.15, 0.2) is 17.5 Å². The standard InChI is InChI=1S/C20H34N4O2/c1-16-9-5-7-13-24(16)14-8-6-12-22-20(21-2)23-17-10-11-18(25-3)19(15-17)26-4/h10-11,15-16H,5-9,12-14H2,1-4H3,(H2,21,22,23). The maximum atomic E-state index is 5.34. The predicted octanol–water partition coefficient (Wildman–Crippen LogP) is 3.35. The van der Waals surface area contributed by atoms with Crippen molar-refractivity contribution in [2.75, 3.05) is 46.2 Å². The van der Waals surface area contributed by atoms with Gasteiger partial charge in [0, 0.05) is 31.4 Å². The van der Waals surface area contributed by atoms with Crippen LogP contribution in [0.5, 0.6) is 11.5 Å². The van der Waals surface area contributed by atoms with E-state index in [1.165, 1.54) is 38.8 Å². The molecule has 1 aromatic rings. The van der Waals surface area contributed by atoms with Crippen LogP contribution in [0.25, 0.3) is 0 Å². The number of rotatable bonds is 8. The largest absolute Gasteiger partial charge is 0.493 e. The van der Waals surface area contributed by atoms with Crippen molar-refractivity contribution in [1.29, 1.82) is 0 Å². The lowest BCUT2D eigenvalue weighted by atomic mass is 10.0. The third kappa shape index (κ3) is 6.09. The third-order valence-corrected chi connectivity index (χ3v) is 4.98. The number of hydrogen-bond acceptors (Lipinski definition) is 4. The second-order valence-electron chi connectivity index (χ2n) is 6.78. The number of likely N-dealkylation sites (tertiary alicyclic amines) is 1. The maximum Gasteiger partial charge on any atom is 0.195 e. The van der Waals surface area contributed by atoms with Crippen molar-refractivity contribution in [3.8, 4) is 11.5 Å². The van der Waals surface area contributed by atoms with Crippen LogP contribution in [-0.2, 0) is 0 Å². The molecule has 1 fully saturated rings. The van der Waals surface area contributed by atoms with Crippen LogP contribution < -0.4 is 20.1 Å². The van der Waals surface area contributed by atoms with Gasteiger partial charge >= 0.3 is 0 Å². The molecule has 1 aromatic carbocycles. The number of methoxy groups -OCH3 is 2. The number of ether oxygens (including phenoxy) is 2. The van der Waals surface area contributed by atoms with Crippen LogP contribution in [-0.4, -0.2) is 57.8 Å². The molecule has 0 saturated carbocycles. The summed E-state index contributed by atoms with van der Waals surface area (Å²) < 4.78 is 10.6. The Labute approximate surface area is 158 Å². The summed E-state index contributed by atoms with van der Waals surface area (Å²) in [5.74, 6) is 2.18. The van der Waals surface area contributed by atoms with E-state index in [1.807, 2.05) is 18.2 Å². The molecule has 1 aliphatic heterocycles. The number of nitrogens with zero attached hydrogens (tertiary/aromatic N) is 2. The van der Waals surface area contributed by atoms with Crippen LogP contribution in [0.4, 0.5) is 5.69 Å². The number of nitrogens with one attached hydrogen (secondary N) is 2. The number of anilines is 1. The van der Waals surface area contributed by atoms with Gasteiger partial charge < -0.3 is 25.0 Å². The van der Waals surface area contributed by atoms with E-state index in [0.717, 1.165) is 30.7 Å². The summed E-state index contributed by atoms with van der Waals surface area (Å²) in [5.41, 5.74) is 0.915. The predicted molar refractivity (Wildman–Crippen MR) is 109 cm³/mol. The Bertz CT molecular complexity index is 577. The first-order valence-corrected chi connectivity index (χ1v) is 9.61. The highest BCUT2D eigenvalue weighted by atomic mass is 16.5. The van der Waals surface area contributed by atoms with E-state index in [1.54, 1.807) is 21.3 Å². The fourth-order valence-corrected chi connectivity index (χ4v) is 3.37. The molecule has 0 aromatic heterocycles. The van der Waals surface area contributed by atoms with Gasteiger partial charge in [-0.1, -0.05) is 6.42 Å². The molecule has 1 aliphatic rings. The van der Waals surface area contributed by atoms with Gasteiger partial charge in [-0.05, 0) is 57.8 Å². The Hall–Kier alpha value is -1.95. The quantitative estimate of drug-likeness (QED) is 0.422. The summed E-state index contributed by atoms with van der Waals surface area (Å²) in [4.78, 5) is 6.92. The highest BCUT2D eigenvalue weighted by Gasteiger charge is 2.17. The number of piperidine rings is 1. The number of guanidine groups is 1. The molecular weight excluding hydrogens is 328 g/mol. The lowest BCUT2D eigenvalue weighted by molar-refractivity contribution is 0.158. The van der Waals surface area contributed by atoms with Crippen molar-refractivity contribution in [3.05, 3.63) is 18.2 Å². The summed E-state index contributed by atoms with van der Waals surface area (Å²) >= 11 is 0. The fraction of sp³-hybridized carbons (Fsp3) is 0.650. The number of aliphatic imine (C=N–C) groups is 1. The van der Waals surface area contributed by atoms with Crippen LogP contribution in [0, 0.1) is 0 Å². The van der Waals surface area contributed by atoms with E-state index < -0.39 is 0 Å². The summed E-state index contributed by atoms with van der Waals surface area (Å²) in [7, 11) is 5.06. The van der Waals surface area contributed by atoms with Crippen molar-refractivity contribution in [1.82, 2.24) is 10.2 Å². The average molecular weight is 363 g/mol. The number of benzene rings is 1. The highest BCUT2D eigenvalue weighted by Crippen LogP contribution is 2.29. The van der Waals surface area contributed by atoms with Gasteiger partial charge in [-0.3, -0.25) is 4.99 Å². The van der Waals surface area contributed by atoms with Crippen molar-refractivity contribution in [3.63, 3.8) is 0 Å². The first-order chi connectivity index (χ1) is 12.7. The van der Waals surface area contributed by atoms with E-state index in [-0.39, 0.29) is 0 Å². The molecule has 0 amide bonds. The molecule has 1 saturated heterocycles. The molecule has 6 nitrogen and oxygen atoms in total. The molecule has 146 valence electrons. The molecule has 0 bridgehead atoms. The SMILES string of the molecule is CN=C(NCCCCN1CCCCC1C)Nc1ccc(OC)c(OC)c1. The Morgan fingerprint density at radius 3 is 2.69 bits per heavy atom. The summed E-state index contributed by atoms with van der Waals surface area (Å²) in [6.07, 6.45) is 6.43. The van der Waals surface area contributed by atoms with Gasteiger partial charge in [0.1, 0.15) is 0 Å².